The van der Waals surface area contributed by atoms with E-state index in [0.717, 1.165) is 0 Å². The van der Waals surface area contributed by atoms with Gasteiger partial charge in [0.2, 0.25) is 11.8 Å². The number of amides is 2. The highest BCUT2D eigenvalue weighted by Gasteiger charge is 2.23. The number of carboxylic acid groups (broad SMARTS) is 1. The highest BCUT2D eigenvalue weighted by Crippen LogP contribution is 2.01. The van der Waals surface area contributed by atoms with Crippen LogP contribution in [0.2, 0.25) is 0 Å². The summed E-state index contributed by atoms with van der Waals surface area (Å²) in [5.74, 6) is -1.41. The minimum absolute atomic E-state index is 0.211. The maximum Gasteiger partial charge on any atom is 0.325 e. The van der Waals surface area contributed by atoms with Crippen molar-refractivity contribution in [1.29, 1.82) is 0 Å². The Bertz CT molecular complexity index is 311. The fraction of sp³-hybridized carbons (Fsp3) is 0.700. The fourth-order valence-corrected chi connectivity index (χ4v) is 1.60. The Morgan fingerprint density at radius 3 is 2.39 bits per heavy atom. The van der Waals surface area contributed by atoms with Gasteiger partial charge in [-0.05, 0) is 25.4 Å². The second-order valence-corrected chi connectivity index (χ2v) is 4.66. The largest absolute Gasteiger partial charge is 0.480 e. The predicted octanol–water partition coefficient (Wildman–Crippen LogP) is -1.23. The van der Waals surface area contributed by atoms with E-state index in [2.05, 4.69) is 10.6 Å². The van der Waals surface area contributed by atoms with Crippen LogP contribution in [0.5, 0.6) is 0 Å². The smallest absolute Gasteiger partial charge is 0.325 e. The highest BCUT2D eigenvalue weighted by atomic mass is 32.2. The van der Waals surface area contributed by atoms with Crippen molar-refractivity contribution >= 4 is 29.5 Å². The van der Waals surface area contributed by atoms with Gasteiger partial charge in [-0.1, -0.05) is 0 Å². The lowest BCUT2D eigenvalue weighted by molar-refractivity contribution is -0.141. The molecule has 0 saturated heterocycles. The molecule has 0 aromatic carbocycles. The van der Waals surface area contributed by atoms with Crippen LogP contribution >= 0.6 is 11.8 Å². The van der Waals surface area contributed by atoms with Gasteiger partial charge in [0, 0.05) is 0 Å². The van der Waals surface area contributed by atoms with Crippen LogP contribution < -0.4 is 16.4 Å². The van der Waals surface area contributed by atoms with Crippen molar-refractivity contribution in [3.63, 3.8) is 0 Å². The van der Waals surface area contributed by atoms with Gasteiger partial charge >= 0.3 is 5.97 Å². The number of carbonyl (C=O) groups is 3. The number of nitrogens with one attached hydrogen (secondary N) is 2. The Kier molecular flexibility index (Phi) is 8.14. The lowest BCUT2D eigenvalue weighted by atomic mass is 10.2. The zero-order valence-corrected chi connectivity index (χ0v) is 11.3. The monoisotopic (exact) mass is 277 g/mol. The van der Waals surface area contributed by atoms with E-state index in [1.165, 1.54) is 18.7 Å². The Balaban J connectivity index is 4.48. The predicted molar refractivity (Wildman–Crippen MR) is 69.2 cm³/mol. The number of carbonyl (C=O) groups excluding carboxylic acids is 2. The molecular formula is C10H19N3O4S. The lowest BCUT2D eigenvalue weighted by Crippen LogP contribution is -2.52. The molecule has 8 heteroatoms. The average molecular weight is 277 g/mol. The molecule has 0 aliphatic heterocycles. The van der Waals surface area contributed by atoms with E-state index in [1.807, 2.05) is 6.26 Å². The number of rotatable bonds is 8. The van der Waals surface area contributed by atoms with Gasteiger partial charge in [-0.3, -0.25) is 14.4 Å². The molecule has 0 bridgehead atoms. The fourth-order valence-electron chi connectivity index (χ4n) is 1.13. The zero-order valence-electron chi connectivity index (χ0n) is 10.4. The first kappa shape index (κ1) is 16.7. The Morgan fingerprint density at radius 1 is 1.33 bits per heavy atom. The number of nitrogens with two attached hydrogens (primary N) is 1. The molecule has 0 aromatic heterocycles. The summed E-state index contributed by atoms with van der Waals surface area (Å²) in [6.07, 6.45) is 2.30. The van der Waals surface area contributed by atoms with E-state index < -0.39 is 29.9 Å². The third kappa shape index (κ3) is 6.45. The van der Waals surface area contributed by atoms with E-state index in [-0.39, 0.29) is 6.54 Å². The molecule has 104 valence electrons. The first-order valence-corrected chi connectivity index (χ1v) is 6.83. The second-order valence-electron chi connectivity index (χ2n) is 3.67. The number of aliphatic carboxylic acids is 1. The molecule has 2 unspecified atom stereocenters. The maximum atomic E-state index is 11.8. The normalized spacial score (nSPS) is 13.5. The topological polar surface area (TPSA) is 122 Å². The molecule has 5 N–H and O–H groups in total. The summed E-state index contributed by atoms with van der Waals surface area (Å²) in [4.78, 5) is 33.6. The van der Waals surface area contributed by atoms with Crippen molar-refractivity contribution in [2.24, 2.45) is 5.73 Å². The number of carboxylic acids is 1. The van der Waals surface area contributed by atoms with E-state index in [1.54, 1.807) is 0 Å². The quantitative estimate of drug-likeness (QED) is 0.441. The molecule has 0 rings (SSSR count). The van der Waals surface area contributed by atoms with Crippen molar-refractivity contribution in [2.45, 2.75) is 25.4 Å². The molecule has 0 radical (unpaired) electrons. The second kappa shape index (κ2) is 8.76. The van der Waals surface area contributed by atoms with Gasteiger partial charge in [0.1, 0.15) is 12.1 Å². The first-order chi connectivity index (χ1) is 8.42. The molecular weight excluding hydrogens is 258 g/mol. The standard InChI is InChI=1S/C10H19N3O4S/c1-6(10(16)17)12-9(15)7(3-4-18-2)13-8(14)5-11/h6-7H,3-5,11H2,1-2H3,(H,12,15)(H,13,14)(H,16,17). The third-order valence-electron chi connectivity index (χ3n) is 2.18. The summed E-state index contributed by atoms with van der Waals surface area (Å²) in [5.41, 5.74) is 5.16. The Hall–Kier alpha value is -1.28. The third-order valence-corrected chi connectivity index (χ3v) is 2.82. The molecule has 2 atom stereocenters. The van der Waals surface area contributed by atoms with E-state index in [0.29, 0.717) is 12.2 Å². The minimum Gasteiger partial charge on any atom is -0.480 e. The van der Waals surface area contributed by atoms with Crippen molar-refractivity contribution in [1.82, 2.24) is 10.6 Å². The van der Waals surface area contributed by atoms with Gasteiger partial charge in [-0.15, -0.1) is 0 Å². The van der Waals surface area contributed by atoms with E-state index in [9.17, 15) is 14.4 Å². The molecule has 18 heavy (non-hydrogen) atoms. The molecule has 0 aromatic rings. The molecule has 0 fully saturated rings. The lowest BCUT2D eigenvalue weighted by Gasteiger charge is -2.19. The molecule has 0 aliphatic rings. The van der Waals surface area contributed by atoms with Crippen LogP contribution in [0.1, 0.15) is 13.3 Å². The van der Waals surface area contributed by atoms with E-state index in [4.69, 9.17) is 10.8 Å². The summed E-state index contributed by atoms with van der Waals surface area (Å²) in [6.45, 7) is 1.15. The van der Waals surface area contributed by atoms with Gasteiger partial charge in [-0.2, -0.15) is 11.8 Å². The van der Waals surface area contributed by atoms with Gasteiger partial charge in [0.15, 0.2) is 0 Å². The van der Waals surface area contributed by atoms with Gasteiger partial charge in [0.05, 0.1) is 6.54 Å². The van der Waals surface area contributed by atoms with E-state index >= 15 is 0 Å². The minimum atomic E-state index is -1.13. The summed E-state index contributed by atoms with van der Waals surface area (Å²) in [7, 11) is 0. The van der Waals surface area contributed by atoms with Crippen molar-refractivity contribution in [2.75, 3.05) is 18.6 Å². The summed E-state index contributed by atoms with van der Waals surface area (Å²) in [6, 6.07) is -1.75. The summed E-state index contributed by atoms with van der Waals surface area (Å²) < 4.78 is 0. The van der Waals surface area contributed by atoms with Gasteiger partial charge in [-0.25, -0.2) is 0 Å². The zero-order chi connectivity index (χ0) is 14.1. The number of hydrogen-bond donors (Lipinski definition) is 4. The number of thioether (sulfide) groups is 1. The molecule has 0 heterocycles. The average Bonchev–Trinajstić information content (AvgIpc) is 2.33. The SMILES string of the molecule is CSCCC(NC(=O)CN)C(=O)NC(C)C(=O)O. The van der Waals surface area contributed by atoms with Crippen LogP contribution in [0.25, 0.3) is 0 Å². The Morgan fingerprint density at radius 2 is 1.94 bits per heavy atom. The van der Waals surface area contributed by atoms with Crippen LogP contribution in [0, 0.1) is 0 Å². The molecule has 2 amide bonds. The highest BCUT2D eigenvalue weighted by molar-refractivity contribution is 7.98. The molecule has 7 nitrogen and oxygen atoms in total. The van der Waals surface area contributed by atoms with Gasteiger partial charge in [0.25, 0.3) is 0 Å². The Labute approximate surface area is 110 Å². The molecule has 0 aliphatic carbocycles. The van der Waals surface area contributed by atoms with Crippen molar-refractivity contribution < 1.29 is 19.5 Å². The van der Waals surface area contributed by atoms with Crippen LogP contribution in [-0.2, 0) is 14.4 Å². The van der Waals surface area contributed by atoms with Crippen molar-refractivity contribution in [3.8, 4) is 0 Å². The number of hydrogen-bond acceptors (Lipinski definition) is 5. The van der Waals surface area contributed by atoms with Crippen LogP contribution in [-0.4, -0.2) is 53.5 Å². The van der Waals surface area contributed by atoms with Crippen molar-refractivity contribution in [3.05, 3.63) is 0 Å². The summed E-state index contributed by atoms with van der Waals surface area (Å²) >= 11 is 1.53. The van der Waals surface area contributed by atoms with Crippen LogP contribution in [0.3, 0.4) is 0 Å². The van der Waals surface area contributed by atoms with Gasteiger partial charge < -0.3 is 21.5 Å². The maximum absolute atomic E-state index is 11.8. The first-order valence-electron chi connectivity index (χ1n) is 5.44. The van der Waals surface area contributed by atoms with Crippen LogP contribution in [0.4, 0.5) is 0 Å². The molecule has 0 spiro atoms. The molecule has 0 saturated carbocycles. The van der Waals surface area contributed by atoms with Crippen LogP contribution in [0.15, 0.2) is 0 Å². The summed E-state index contributed by atoms with van der Waals surface area (Å²) in [5, 5.41) is 13.5.